The maximum Gasteiger partial charge on any atom is 0.335 e. The zero-order valence-electron chi connectivity index (χ0n) is 12.4. The van der Waals surface area contributed by atoms with Gasteiger partial charge in [0, 0.05) is 5.39 Å². The van der Waals surface area contributed by atoms with Crippen LogP contribution in [0.25, 0.3) is 10.9 Å². The van der Waals surface area contributed by atoms with Crippen molar-refractivity contribution < 1.29 is 22.7 Å². The molecule has 0 saturated carbocycles. The number of halogens is 1. The first kappa shape index (κ1) is 15.9. The minimum Gasteiger partial charge on any atom is -0.478 e. The minimum atomic E-state index is -4.32. The summed E-state index contributed by atoms with van der Waals surface area (Å²) in [7, 11) is -4.32. The molecule has 0 spiro atoms. The van der Waals surface area contributed by atoms with E-state index in [0.29, 0.717) is 5.52 Å². The average molecular weight is 349 g/mol. The first-order valence-corrected chi connectivity index (χ1v) is 8.26. The lowest BCUT2D eigenvalue weighted by Gasteiger charge is -2.11. The number of hydrogen-bond acceptors (Lipinski definition) is 4. The van der Waals surface area contributed by atoms with E-state index in [1.165, 1.54) is 6.07 Å². The number of aromatic amines is 1. The number of nitrogens with one attached hydrogen (secondary N) is 2. The number of benzene rings is 2. The Labute approximate surface area is 136 Å². The predicted octanol–water partition coefficient (Wildman–Crippen LogP) is 2.51. The number of rotatable bonds is 4. The maximum atomic E-state index is 13.9. The van der Waals surface area contributed by atoms with Gasteiger partial charge in [0.2, 0.25) is 0 Å². The van der Waals surface area contributed by atoms with Gasteiger partial charge in [0.25, 0.3) is 10.0 Å². The Hall–Kier alpha value is -2.94. The average Bonchev–Trinajstić information content (AvgIpc) is 3.00. The molecule has 24 heavy (non-hydrogen) atoms. The molecule has 0 unspecified atom stereocenters. The number of aromatic carboxylic acids is 1. The molecule has 0 amide bonds. The molecule has 0 atom stereocenters. The first-order valence-electron chi connectivity index (χ1n) is 6.78. The Kier molecular flexibility index (Phi) is 3.72. The molecule has 3 N–H and O–H groups in total. The van der Waals surface area contributed by atoms with Crippen LogP contribution in [0.15, 0.2) is 41.4 Å². The molecule has 1 aromatic heterocycles. The molecular weight excluding hydrogens is 337 g/mol. The van der Waals surface area contributed by atoms with E-state index >= 15 is 0 Å². The SMILES string of the molecule is Cc1ccc(NS(=O)(=O)c2cc(C(=O)O)ccc2F)c2[nH]ncc12. The van der Waals surface area contributed by atoms with Crippen LogP contribution in [-0.2, 0) is 10.0 Å². The van der Waals surface area contributed by atoms with Crippen LogP contribution in [0.2, 0.25) is 0 Å². The molecule has 3 aromatic rings. The van der Waals surface area contributed by atoms with Crippen LogP contribution in [0.1, 0.15) is 15.9 Å². The van der Waals surface area contributed by atoms with Crippen LogP contribution in [0.4, 0.5) is 10.1 Å². The van der Waals surface area contributed by atoms with Gasteiger partial charge in [0.1, 0.15) is 10.7 Å². The maximum absolute atomic E-state index is 13.9. The van der Waals surface area contributed by atoms with Crippen molar-refractivity contribution in [3.8, 4) is 0 Å². The zero-order valence-corrected chi connectivity index (χ0v) is 13.2. The minimum absolute atomic E-state index is 0.188. The first-order chi connectivity index (χ1) is 11.3. The van der Waals surface area contributed by atoms with Gasteiger partial charge in [-0.3, -0.25) is 9.82 Å². The number of hydrogen-bond donors (Lipinski definition) is 3. The highest BCUT2D eigenvalue weighted by molar-refractivity contribution is 7.92. The number of fused-ring (bicyclic) bond motifs is 1. The number of carbonyl (C=O) groups is 1. The second-order valence-electron chi connectivity index (χ2n) is 5.14. The third-order valence-electron chi connectivity index (χ3n) is 3.55. The van der Waals surface area contributed by atoms with E-state index in [9.17, 15) is 17.6 Å². The fourth-order valence-corrected chi connectivity index (χ4v) is 3.48. The molecule has 0 bridgehead atoms. The Morgan fingerprint density at radius 3 is 2.75 bits per heavy atom. The molecule has 1 heterocycles. The molecule has 3 rings (SSSR count). The van der Waals surface area contributed by atoms with Gasteiger partial charge in [-0.2, -0.15) is 5.10 Å². The fraction of sp³-hybridized carbons (Fsp3) is 0.0667. The van der Waals surface area contributed by atoms with E-state index < -0.39 is 26.7 Å². The Morgan fingerprint density at radius 2 is 2.04 bits per heavy atom. The van der Waals surface area contributed by atoms with E-state index in [-0.39, 0.29) is 11.3 Å². The topological polar surface area (TPSA) is 112 Å². The van der Waals surface area contributed by atoms with Gasteiger partial charge in [0.05, 0.1) is 23.0 Å². The van der Waals surface area contributed by atoms with Crippen LogP contribution in [0, 0.1) is 12.7 Å². The lowest BCUT2D eigenvalue weighted by Crippen LogP contribution is -2.16. The molecule has 0 saturated heterocycles. The van der Waals surface area contributed by atoms with E-state index in [4.69, 9.17) is 5.11 Å². The number of nitrogens with zero attached hydrogens (tertiary/aromatic N) is 1. The third-order valence-corrected chi connectivity index (χ3v) is 4.93. The smallest absolute Gasteiger partial charge is 0.335 e. The van der Waals surface area contributed by atoms with Crippen molar-refractivity contribution in [2.75, 3.05) is 4.72 Å². The van der Waals surface area contributed by atoms with Gasteiger partial charge in [-0.1, -0.05) is 6.07 Å². The normalized spacial score (nSPS) is 11.6. The van der Waals surface area contributed by atoms with Gasteiger partial charge in [-0.15, -0.1) is 0 Å². The molecule has 7 nitrogen and oxygen atoms in total. The predicted molar refractivity (Wildman–Crippen MR) is 85.0 cm³/mol. The van der Waals surface area contributed by atoms with Gasteiger partial charge in [0.15, 0.2) is 0 Å². The summed E-state index contributed by atoms with van der Waals surface area (Å²) in [5, 5.41) is 16.2. The van der Waals surface area contributed by atoms with Crippen molar-refractivity contribution in [2.45, 2.75) is 11.8 Å². The van der Waals surface area contributed by atoms with Crippen molar-refractivity contribution in [3.63, 3.8) is 0 Å². The molecule has 0 fully saturated rings. The van der Waals surface area contributed by atoms with E-state index in [2.05, 4.69) is 14.9 Å². The number of anilines is 1. The lowest BCUT2D eigenvalue weighted by molar-refractivity contribution is 0.0696. The van der Waals surface area contributed by atoms with Gasteiger partial charge < -0.3 is 5.11 Å². The number of aromatic nitrogens is 2. The fourth-order valence-electron chi connectivity index (χ4n) is 2.30. The van der Waals surface area contributed by atoms with E-state index in [1.54, 1.807) is 12.3 Å². The van der Waals surface area contributed by atoms with Crippen LogP contribution in [-0.4, -0.2) is 29.7 Å². The van der Waals surface area contributed by atoms with Gasteiger partial charge in [-0.05, 0) is 36.8 Å². The standard InChI is InChI=1S/C15H12FN3O4S/c1-8-2-5-12(14-10(8)7-17-18-14)19-24(22,23)13-6-9(15(20)21)3-4-11(13)16/h2-7,19H,1H3,(H,17,18)(H,20,21). The molecule has 2 aromatic carbocycles. The third kappa shape index (κ3) is 2.69. The van der Waals surface area contributed by atoms with Crippen molar-refractivity contribution in [2.24, 2.45) is 0 Å². The Bertz CT molecular complexity index is 1060. The van der Waals surface area contributed by atoms with Crippen LogP contribution < -0.4 is 4.72 Å². The molecule has 124 valence electrons. The lowest BCUT2D eigenvalue weighted by atomic mass is 10.1. The van der Waals surface area contributed by atoms with Crippen LogP contribution in [0.5, 0.6) is 0 Å². The van der Waals surface area contributed by atoms with Crippen molar-refractivity contribution in [3.05, 3.63) is 53.5 Å². The molecule has 9 heteroatoms. The summed E-state index contributed by atoms with van der Waals surface area (Å²) in [6.07, 6.45) is 1.55. The molecule has 0 aliphatic carbocycles. The monoisotopic (exact) mass is 349 g/mol. The van der Waals surface area contributed by atoms with Crippen molar-refractivity contribution in [1.29, 1.82) is 0 Å². The summed E-state index contributed by atoms with van der Waals surface area (Å²) in [5.41, 5.74) is 1.20. The van der Waals surface area contributed by atoms with Crippen molar-refractivity contribution >= 4 is 32.6 Å². The zero-order chi connectivity index (χ0) is 17.5. The highest BCUT2D eigenvalue weighted by atomic mass is 32.2. The van der Waals surface area contributed by atoms with Crippen LogP contribution >= 0.6 is 0 Å². The summed E-state index contributed by atoms with van der Waals surface area (Å²) in [6, 6.07) is 5.79. The number of H-pyrrole nitrogens is 1. The summed E-state index contributed by atoms with van der Waals surface area (Å²) in [5.74, 6) is -2.39. The van der Waals surface area contributed by atoms with Gasteiger partial charge >= 0.3 is 5.97 Å². The largest absolute Gasteiger partial charge is 0.478 e. The summed E-state index contributed by atoms with van der Waals surface area (Å²) < 4.78 is 41.1. The molecule has 0 aliphatic heterocycles. The number of aryl methyl sites for hydroxylation is 1. The highest BCUT2D eigenvalue weighted by Crippen LogP contribution is 2.27. The van der Waals surface area contributed by atoms with E-state index in [1.807, 2.05) is 6.92 Å². The Morgan fingerprint density at radius 1 is 1.29 bits per heavy atom. The van der Waals surface area contributed by atoms with Gasteiger partial charge in [-0.25, -0.2) is 17.6 Å². The van der Waals surface area contributed by atoms with Crippen molar-refractivity contribution in [1.82, 2.24) is 10.2 Å². The summed E-state index contributed by atoms with van der Waals surface area (Å²) in [4.78, 5) is 10.2. The number of carboxylic acid groups (broad SMARTS) is 1. The van der Waals surface area contributed by atoms with E-state index in [0.717, 1.165) is 29.1 Å². The summed E-state index contributed by atoms with van der Waals surface area (Å²) in [6.45, 7) is 1.84. The molecule has 0 aliphatic rings. The molecular formula is C15H12FN3O4S. The second kappa shape index (κ2) is 5.60. The second-order valence-corrected chi connectivity index (χ2v) is 6.80. The quantitative estimate of drug-likeness (QED) is 0.670. The number of sulfonamides is 1. The molecule has 0 radical (unpaired) electrons. The summed E-state index contributed by atoms with van der Waals surface area (Å²) >= 11 is 0. The highest BCUT2D eigenvalue weighted by Gasteiger charge is 2.22. The number of carboxylic acids is 1. The Balaban J connectivity index is 2.09. The van der Waals surface area contributed by atoms with Crippen LogP contribution in [0.3, 0.4) is 0 Å².